The smallest absolute Gasteiger partial charge is 0.259 e. The average molecular weight is 280 g/mol. The van der Waals surface area contributed by atoms with Crippen molar-refractivity contribution in [3.05, 3.63) is 34.1 Å². The summed E-state index contributed by atoms with van der Waals surface area (Å²) < 4.78 is 8.09. The van der Waals surface area contributed by atoms with Crippen LogP contribution in [0.3, 0.4) is 0 Å². The van der Waals surface area contributed by atoms with E-state index in [0.717, 1.165) is 42.8 Å². The molecule has 0 amide bonds. The summed E-state index contributed by atoms with van der Waals surface area (Å²) in [7, 11) is 0. The van der Waals surface area contributed by atoms with Crippen LogP contribution in [0.4, 0.5) is 0 Å². The van der Waals surface area contributed by atoms with Crippen LogP contribution >= 0.6 is 11.3 Å². The number of pyridine rings is 1. The van der Waals surface area contributed by atoms with Gasteiger partial charge in [-0.25, -0.2) is 0 Å². The van der Waals surface area contributed by atoms with Gasteiger partial charge < -0.3 is 14.6 Å². The van der Waals surface area contributed by atoms with Crippen LogP contribution in [0.15, 0.2) is 28.5 Å². The molecule has 2 aromatic heterocycles. The molecule has 19 heavy (non-hydrogen) atoms. The molecular formula is C14H20N2O2S. The van der Waals surface area contributed by atoms with Crippen LogP contribution in [0.1, 0.15) is 13.3 Å². The standard InChI is InChI=1S/C14H20N2O2S/c1-2-18-10-3-6-15-7-9-16-8-4-13-12(14(16)17)5-11-19-13/h4-5,8,11,15H,2-3,6-7,9-10H2,1H3. The number of hydrogen-bond donors (Lipinski definition) is 1. The first kappa shape index (κ1) is 14.2. The Morgan fingerprint density at radius 1 is 1.37 bits per heavy atom. The number of rotatable bonds is 8. The number of nitrogens with one attached hydrogen (secondary N) is 1. The molecule has 0 saturated heterocycles. The lowest BCUT2D eigenvalue weighted by atomic mass is 10.3. The SMILES string of the molecule is CCOCCCNCCn1ccc2sccc2c1=O. The lowest BCUT2D eigenvalue weighted by Gasteiger charge is -2.07. The quantitative estimate of drug-likeness (QED) is 0.753. The van der Waals surface area contributed by atoms with Crippen molar-refractivity contribution in [1.29, 1.82) is 0 Å². The summed E-state index contributed by atoms with van der Waals surface area (Å²) in [5.41, 5.74) is 0.106. The Morgan fingerprint density at radius 3 is 3.11 bits per heavy atom. The Morgan fingerprint density at radius 2 is 2.26 bits per heavy atom. The van der Waals surface area contributed by atoms with E-state index in [1.807, 2.05) is 30.6 Å². The van der Waals surface area contributed by atoms with Crippen LogP contribution in [0.25, 0.3) is 10.1 Å². The van der Waals surface area contributed by atoms with Gasteiger partial charge in [0.25, 0.3) is 5.56 Å². The van der Waals surface area contributed by atoms with Gasteiger partial charge in [-0.15, -0.1) is 11.3 Å². The van der Waals surface area contributed by atoms with Gasteiger partial charge in [-0.2, -0.15) is 0 Å². The van der Waals surface area contributed by atoms with Crippen LogP contribution in [0.5, 0.6) is 0 Å². The van der Waals surface area contributed by atoms with Crippen molar-refractivity contribution in [1.82, 2.24) is 9.88 Å². The van der Waals surface area contributed by atoms with Crippen molar-refractivity contribution in [2.75, 3.05) is 26.3 Å². The maximum Gasteiger partial charge on any atom is 0.259 e. The second-order valence-corrected chi connectivity index (χ2v) is 5.26. The zero-order chi connectivity index (χ0) is 13.5. The van der Waals surface area contributed by atoms with Crippen molar-refractivity contribution < 1.29 is 4.74 Å². The summed E-state index contributed by atoms with van der Waals surface area (Å²) in [6.07, 6.45) is 2.88. The summed E-state index contributed by atoms with van der Waals surface area (Å²) in [5, 5.41) is 6.11. The van der Waals surface area contributed by atoms with Gasteiger partial charge in [-0.3, -0.25) is 4.79 Å². The van der Waals surface area contributed by atoms with E-state index in [1.54, 1.807) is 15.9 Å². The summed E-state index contributed by atoms with van der Waals surface area (Å²) in [6.45, 7) is 6.01. The van der Waals surface area contributed by atoms with E-state index < -0.39 is 0 Å². The van der Waals surface area contributed by atoms with E-state index in [1.165, 1.54) is 0 Å². The van der Waals surface area contributed by atoms with Crippen LogP contribution in [-0.2, 0) is 11.3 Å². The Hall–Kier alpha value is -1.17. The third-order valence-corrected chi connectivity index (χ3v) is 3.85. The zero-order valence-corrected chi connectivity index (χ0v) is 12.0. The molecule has 0 aliphatic rings. The topological polar surface area (TPSA) is 43.3 Å². The molecule has 2 aromatic rings. The van der Waals surface area contributed by atoms with Crippen molar-refractivity contribution in [2.24, 2.45) is 0 Å². The minimum absolute atomic E-state index is 0.106. The van der Waals surface area contributed by atoms with E-state index in [4.69, 9.17) is 4.74 Å². The van der Waals surface area contributed by atoms with E-state index in [9.17, 15) is 4.79 Å². The zero-order valence-electron chi connectivity index (χ0n) is 11.2. The maximum absolute atomic E-state index is 12.1. The number of aromatic nitrogens is 1. The molecular weight excluding hydrogens is 260 g/mol. The largest absolute Gasteiger partial charge is 0.382 e. The molecule has 0 bridgehead atoms. The second kappa shape index (κ2) is 7.43. The predicted molar refractivity (Wildman–Crippen MR) is 80.1 cm³/mol. The minimum Gasteiger partial charge on any atom is -0.382 e. The third kappa shape index (κ3) is 3.89. The minimum atomic E-state index is 0.106. The predicted octanol–water partition coefficient (Wildman–Crippen LogP) is 2.08. The normalized spacial score (nSPS) is 11.2. The van der Waals surface area contributed by atoms with Crippen LogP contribution in [-0.4, -0.2) is 30.9 Å². The van der Waals surface area contributed by atoms with Crippen molar-refractivity contribution in [3.8, 4) is 0 Å². The van der Waals surface area contributed by atoms with Gasteiger partial charge in [-0.1, -0.05) is 0 Å². The maximum atomic E-state index is 12.1. The van der Waals surface area contributed by atoms with Gasteiger partial charge in [0.1, 0.15) is 0 Å². The van der Waals surface area contributed by atoms with E-state index in [-0.39, 0.29) is 5.56 Å². The van der Waals surface area contributed by atoms with E-state index in [0.29, 0.717) is 6.54 Å². The molecule has 0 fully saturated rings. The molecule has 0 atom stereocenters. The van der Waals surface area contributed by atoms with Gasteiger partial charge >= 0.3 is 0 Å². The van der Waals surface area contributed by atoms with Crippen molar-refractivity contribution in [2.45, 2.75) is 19.9 Å². The van der Waals surface area contributed by atoms with Gasteiger partial charge in [-0.05, 0) is 37.4 Å². The Balaban J connectivity index is 1.78. The molecule has 4 nitrogen and oxygen atoms in total. The highest BCUT2D eigenvalue weighted by molar-refractivity contribution is 7.17. The lowest BCUT2D eigenvalue weighted by molar-refractivity contribution is 0.145. The van der Waals surface area contributed by atoms with Gasteiger partial charge in [0.05, 0.1) is 5.39 Å². The molecule has 5 heteroatoms. The molecule has 0 aromatic carbocycles. The molecule has 0 saturated carbocycles. The third-order valence-electron chi connectivity index (χ3n) is 2.97. The molecule has 0 unspecified atom stereocenters. The first-order valence-electron chi connectivity index (χ1n) is 6.68. The monoisotopic (exact) mass is 280 g/mol. The second-order valence-electron chi connectivity index (χ2n) is 4.31. The van der Waals surface area contributed by atoms with Gasteiger partial charge in [0.15, 0.2) is 0 Å². The highest BCUT2D eigenvalue weighted by atomic mass is 32.1. The van der Waals surface area contributed by atoms with Crippen molar-refractivity contribution in [3.63, 3.8) is 0 Å². The highest BCUT2D eigenvalue weighted by Gasteiger charge is 2.02. The molecule has 2 heterocycles. The Kier molecular flexibility index (Phi) is 5.57. The average Bonchev–Trinajstić information content (AvgIpc) is 2.89. The molecule has 0 spiro atoms. The molecule has 0 aliphatic heterocycles. The fourth-order valence-corrected chi connectivity index (χ4v) is 2.72. The Labute approximate surface area is 117 Å². The Bertz CT molecular complexity index is 562. The molecule has 0 aliphatic carbocycles. The number of thiophene rings is 1. The number of fused-ring (bicyclic) bond motifs is 1. The van der Waals surface area contributed by atoms with Crippen LogP contribution in [0, 0.1) is 0 Å². The first-order chi connectivity index (χ1) is 9.33. The lowest BCUT2D eigenvalue weighted by Crippen LogP contribution is -2.27. The molecule has 0 radical (unpaired) electrons. The summed E-state index contributed by atoms with van der Waals surface area (Å²) in [6, 6.07) is 3.91. The number of nitrogens with zero attached hydrogens (tertiary/aromatic N) is 1. The molecule has 2 rings (SSSR count). The summed E-state index contributed by atoms with van der Waals surface area (Å²) in [5.74, 6) is 0. The van der Waals surface area contributed by atoms with E-state index >= 15 is 0 Å². The summed E-state index contributed by atoms with van der Waals surface area (Å²) >= 11 is 1.61. The van der Waals surface area contributed by atoms with Gasteiger partial charge in [0, 0.05) is 37.2 Å². The summed E-state index contributed by atoms with van der Waals surface area (Å²) in [4.78, 5) is 12.1. The van der Waals surface area contributed by atoms with Crippen LogP contribution < -0.4 is 10.9 Å². The van der Waals surface area contributed by atoms with Crippen LogP contribution in [0.2, 0.25) is 0 Å². The number of ether oxygens (including phenoxy) is 1. The van der Waals surface area contributed by atoms with Crippen molar-refractivity contribution >= 4 is 21.4 Å². The highest BCUT2D eigenvalue weighted by Crippen LogP contribution is 2.15. The van der Waals surface area contributed by atoms with Gasteiger partial charge in [0.2, 0.25) is 0 Å². The molecule has 1 N–H and O–H groups in total. The molecule has 104 valence electrons. The fraction of sp³-hybridized carbons (Fsp3) is 0.500. The first-order valence-corrected chi connectivity index (χ1v) is 7.56. The fourth-order valence-electron chi connectivity index (χ4n) is 1.95. The van der Waals surface area contributed by atoms with E-state index in [2.05, 4.69) is 5.32 Å². The number of hydrogen-bond acceptors (Lipinski definition) is 4.